The van der Waals surface area contributed by atoms with Gasteiger partial charge in [0, 0.05) is 13.2 Å². The molecule has 1 N–H and O–H groups in total. The molecule has 78 valence electrons. The molecule has 1 saturated heterocycles. The highest BCUT2D eigenvalue weighted by atomic mass is 16.5. The maximum absolute atomic E-state index is 5.40. The van der Waals surface area contributed by atoms with Crippen LogP contribution in [0.2, 0.25) is 0 Å². The van der Waals surface area contributed by atoms with Gasteiger partial charge in [-0.2, -0.15) is 0 Å². The van der Waals surface area contributed by atoms with E-state index in [9.17, 15) is 0 Å². The van der Waals surface area contributed by atoms with E-state index >= 15 is 0 Å². The van der Waals surface area contributed by atoms with Crippen molar-refractivity contribution in [2.24, 2.45) is 0 Å². The minimum atomic E-state index is 0.0547. The lowest BCUT2D eigenvalue weighted by atomic mass is 9.94. The van der Waals surface area contributed by atoms with Crippen LogP contribution in [0.25, 0.3) is 0 Å². The molecule has 1 heterocycles. The van der Waals surface area contributed by atoms with E-state index in [1.54, 1.807) is 7.11 Å². The molecule has 1 aliphatic rings. The van der Waals surface area contributed by atoms with E-state index < -0.39 is 0 Å². The molecule has 0 aromatic carbocycles. The molecular formula is C11H23NO. The number of hydrogen-bond acceptors (Lipinski definition) is 2. The quantitative estimate of drug-likeness (QED) is 0.726. The SMILES string of the molecule is COC(C)(C)CCC1CCCCN1. The summed E-state index contributed by atoms with van der Waals surface area (Å²) >= 11 is 0. The minimum absolute atomic E-state index is 0.0547. The average Bonchev–Trinajstić information content (AvgIpc) is 2.17. The summed E-state index contributed by atoms with van der Waals surface area (Å²) in [6.07, 6.45) is 6.50. The summed E-state index contributed by atoms with van der Waals surface area (Å²) in [5.41, 5.74) is 0.0547. The summed E-state index contributed by atoms with van der Waals surface area (Å²) in [6, 6.07) is 0.739. The number of nitrogens with one attached hydrogen (secondary N) is 1. The number of hydrogen-bond donors (Lipinski definition) is 1. The Kier molecular flexibility index (Phi) is 4.20. The first kappa shape index (κ1) is 11.0. The third-order valence-corrected chi connectivity index (χ3v) is 3.06. The number of piperidine rings is 1. The highest BCUT2D eigenvalue weighted by Gasteiger charge is 2.20. The fourth-order valence-corrected chi connectivity index (χ4v) is 1.79. The zero-order valence-electron chi connectivity index (χ0n) is 9.23. The maximum atomic E-state index is 5.40. The molecule has 1 atom stereocenters. The van der Waals surface area contributed by atoms with Crippen LogP contribution in [0.3, 0.4) is 0 Å². The first-order valence-corrected chi connectivity index (χ1v) is 5.42. The fourth-order valence-electron chi connectivity index (χ4n) is 1.79. The van der Waals surface area contributed by atoms with Gasteiger partial charge in [-0.25, -0.2) is 0 Å². The van der Waals surface area contributed by atoms with Crippen LogP contribution >= 0.6 is 0 Å². The molecule has 0 radical (unpaired) electrons. The second-order valence-corrected chi connectivity index (χ2v) is 4.65. The Labute approximate surface area is 82.0 Å². The van der Waals surface area contributed by atoms with Crippen LogP contribution in [0.5, 0.6) is 0 Å². The standard InChI is InChI=1S/C11H23NO/c1-11(2,13-3)8-7-10-6-4-5-9-12-10/h10,12H,4-9H2,1-3H3. The van der Waals surface area contributed by atoms with E-state index in [4.69, 9.17) is 4.74 Å². The van der Waals surface area contributed by atoms with Crippen molar-refractivity contribution < 1.29 is 4.74 Å². The lowest BCUT2D eigenvalue weighted by Gasteiger charge is -2.28. The van der Waals surface area contributed by atoms with Crippen LogP contribution in [0, 0.1) is 0 Å². The van der Waals surface area contributed by atoms with Crippen LogP contribution < -0.4 is 5.32 Å². The molecule has 0 amide bonds. The van der Waals surface area contributed by atoms with Gasteiger partial charge >= 0.3 is 0 Å². The summed E-state index contributed by atoms with van der Waals surface area (Å²) < 4.78 is 5.40. The Balaban J connectivity index is 2.17. The van der Waals surface area contributed by atoms with Gasteiger partial charge in [-0.3, -0.25) is 0 Å². The van der Waals surface area contributed by atoms with Gasteiger partial charge in [-0.05, 0) is 46.1 Å². The van der Waals surface area contributed by atoms with Crippen molar-refractivity contribution in [3.63, 3.8) is 0 Å². The van der Waals surface area contributed by atoms with Crippen molar-refractivity contribution in [1.29, 1.82) is 0 Å². The molecule has 0 aliphatic carbocycles. The third-order valence-electron chi connectivity index (χ3n) is 3.06. The zero-order chi connectivity index (χ0) is 9.73. The summed E-state index contributed by atoms with van der Waals surface area (Å²) in [5, 5.41) is 3.56. The van der Waals surface area contributed by atoms with E-state index in [0.717, 1.165) is 12.5 Å². The van der Waals surface area contributed by atoms with Crippen molar-refractivity contribution in [2.75, 3.05) is 13.7 Å². The van der Waals surface area contributed by atoms with E-state index in [2.05, 4.69) is 19.2 Å². The predicted octanol–water partition coefficient (Wildman–Crippen LogP) is 2.33. The minimum Gasteiger partial charge on any atom is -0.379 e. The summed E-state index contributed by atoms with van der Waals surface area (Å²) in [6.45, 7) is 5.53. The Hall–Kier alpha value is -0.0800. The molecule has 0 bridgehead atoms. The number of ether oxygens (including phenoxy) is 1. The maximum Gasteiger partial charge on any atom is 0.0623 e. The summed E-state index contributed by atoms with van der Waals surface area (Å²) in [5.74, 6) is 0. The molecule has 0 spiro atoms. The highest BCUT2D eigenvalue weighted by Crippen LogP contribution is 2.19. The van der Waals surface area contributed by atoms with Crippen LogP contribution in [-0.4, -0.2) is 25.3 Å². The molecule has 2 nitrogen and oxygen atoms in total. The fraction of sp³-hybridized carbons (Fsp3) is 1.00. The Bertz CT molecular complexity index is 139. The van der Waals surface area contributed by atoms with Crippen molar-refractivity contribution in [1.82, 2.24) is 5.32 Å². The van der Waals surface area contributed by atoms with Crippen molar-refractivity contribution in [2.45, 2.75) is 57.6 Å². The first-order valence-electron chi connectivity index (χ1n) is 5.42. The molecule has 2 heteroatoms. The van der Waals surface area contributed by atoms with Gasteiger partial charge in [-0.1, -0.05) is 6.42 Å². The smallest absolute Gasteiger partial charge is 0.0623 e. The van der Waals surface area contributed by atoms with Gasteiger partial charge in [0.25, 0.3) is 0 Å². The first-order chi connectivity index (χ1) is 6.14. The topological polar surface area (TPSA) is 21.3 Å². The Morgan fingerprint density at radius 3 is 2.69 bits per heavy atom. The normalized spacial score (nSPS) is 24.7. The summed E-state index contributed by atoms with van der Waals surface area (Å²) in [7, 11) is 1.80. The van der Waals surface area contributed by atoms with Gasteiger partial charge < -0.3 is 10.1 Å². The summed E-state index contributed by atoms with van der Waals surface area (Å²) in [4.78, 5) is 0. The highest BCUT2D eigenvalue weighted by molar-refractivity contribution is 4.76. The number of methoxy groups -OCH3 is 1. The van der Waals surface area contributed by atoms with Gasteiger partial charge in [-0.15, -0.1) is 0 Å². The largest absolute Gasteiger partial charge is 0.379 e. The molecule has 0 saturated carbocycles. The van der Waals surface area contributed by atoms with E-state index in [0.29, 0.717) is 0 Å². The van der Waals surface area contributed by atoms with Crippen LogP contribution in [0.15, 0.2) is 0 Å². The Morgan fingerprint density at radius 1 is 1.38 bits per heavy atom. The van der Waals surface area contributed by atoms with Gasteiger partial charge in [0.2, 0.25) is 0 Å². The second-order valence-electron chi connectivity index (χ2n) is 4.65. The molecule has 0 aromatic heterocycles. The monoisotopic (exact) mass is 185 g/mol. The van der Waals surface area contributed by atoms with E-state index in [1.807, 2.05) is 0 Å². The third kappa shape index (κ3) is 4.10. The number of rotatable bonds is 4. The zero-order valence-corrected chi connectivity index (χ0v) is 9.23. The molecular weight excluding hydrogens is 162 g/mol. The van der Waals surface area contributed by atoms with Gasteiger partial charge in [0.15, 0.2) is 0 Å². The molecule has 0 aromatic rings. The van der Waals surface area contributed by atoms with Crippen LogP contribution in [0.4, 0.5) is 0 Å². The van der Waals surface area contributed by atoms with E-state index in [1.165, 1.54) is 32.2 Å². The lowest BCUT2D eigenvalue weighted by Crippen LogP contribution is -2.36. The molecule has 1 rings (SSSR count). The molecule has 1 fully saturated rings. The van der Waals surface area contributed by atoms with Crippen LogP contribution in [0.1, 0.15) is 46.0 Å². The average molecular weight is 185 g/mol. The predicted molar refractivity (Wildman–Crippen MR) is 56.0 cm³/mol. The Morgan fingerprint density at radius 2 is 2.15 bits per heavy atom. The van der Waals surface area contributed by atoms with Gasteiger partial charge in [0.1, 0.15) is 0 Å². The van der Waals surface area contributed by atoms with Gasteiger partial charge in [0.05, 0.1) is 5.60 Å². The van der Waals surface area contributed by atoms with E-state index in [-0.39, 0.29) is 5.60 Å². The van der Waals surface area contributed by atoms with Crippen molar-refractivity contribution >= 4 is 0 Å². The molecule has 13 heavy (non-hydrogen) atoms. The molecule has 1 unspecified atom stereocenters. The van der Waals surface area contributed by atoms with Crippen molar-refractivity contribution in [3.05, 3.63) is 0 Å². The lowest BCUT2D eigenvalue weighted by molar-refractivity contribution is 0.0111. The van der Waals surface area contributed by atoms with Crippen LogP contribution in [-0.2, 0) is 4.74 Å². The second kappa shape index (κ2) is 4.97. The molecule has 1 aliphatic heterocycles. The van der Waals surface area contributed by atoms with Crippen molar-refractivity contribution in [3.8, 4) is 0 Å².